The van der Waals surface area contributed by atoms with Gasteiger partial charge in [0.2, 0.25) is 0 Å². The van der Waals surface area contributed by atoms with Crippen LogP contribution < -0.4 is 5.32 Å². The number of hydrogen-bond acceptors (Lipinski definition) is 2. The fraction of sp³-hybridized carbons (Fsp3) is 0.600. The van der Waals surface area contributed by atoms with Crippen LogP contribution in [0.1, 0.15) is 38.7 Å². The van der Waals surface area contributed by atoms with E-state index in [0.29, 0.717) is 17.7 Å². The van der Waals surface area contributed by atoms with Gasteiger partial charge >= 0.3 is 0 Å². The lowest BCUT2D eigenvalue weighted by molar-refractivity contribution is 0.205. The van der Waals surface area contributed by atoms with Crippen molar-refractivity contribution in [1.82, 2.24) is 5.32 Å². The average molecular weight is 312 g/mol. The lowest BCUT2D eigenvalue weighted by Crippen LogP contribution is -2.40. The average Bonchev–Trinajstić information content (AvgIpc) is 2.35. The van der Waals surface area contributed by atoms with E-state index < -0.39 is 0 Å². The van der Waals surface area contributed by atoms with Crippen LogP contribution in [0, 0.1) is 11.8 Å². The van der Waals surface area contributed by atoms with Crippen molar-refractivity contribution >= 4 is 15.9 Å². The first-order chi connectivity index (χ1) is 8.58. The monoisotopic (exact) mass is 311 g/mol. The lowest BCUT2D eigenvalue weighted by Gasteiger charge is -2.34. The summed E-state index contributed by atoms with van der Waals surface area (Å²) in [5.41, 5.74) is 0.967. The molecule has 2 N–H and O–H groups in total. The number of phenolic OH excluding ortho intramolecular Hbond substituents is 1. The highest BCUT2D eigenvalue weighted by atomic mass is 79.9. The summed E-state index contributed by atoms with van der Waals surface area (Å²) in [6.45, 7) is 5.42. The lowest BCUT2D eigenvalue weighted by atomic mass is 9.78. The zero-order valence-corrected chi connectivity index (χ0v) is 12.7. The molecule has 0 aromatic heterocycles. The van der Waals surface area contributed by atoms with E-state index in [4.69, 9.17) is 0 Å². The van der Waals surface area contributed by atoms with E-state index in [1.54, 1.807) is 6.07 Å². The third-order valence-corrected chi connectivity index (χ3v) is 4.80. The topological polar surface area (TPSA) is 32.3 Å². The number of nitrogens with one attached hydrogen (secondary N) is 1. The van der Waals surface area contributed by atoms with E-state index in [1.807, 2.05) is 12.1 Å². The molecule has 1 aliphatic rings. The van der Waals surface area contributed by atoms with Crippen LogP contribution >= 0.6 is 15.9 Å². The van der Waals surface area contributed by atoms with Crippen LogP contribution in [0.25, 0.3) is 0 Å². The largest absolute Gasteiger partial charge is 0.508 e. The van der Waals surface area contributed by atoms with Gasteiger partial charge in [-0.25, -0.2) is 0 Å². The molecule has 3 heteroatoms. The third-order valence-electron chi connectivity index (χ3n) is 4.30. The summed E-state index contributed by atoms with van der Waals surface area (Å²) in [7, 11) is 0. The third kappa shape index (κ3) is 3.27. The molecule has 1 aliphatic carbocycles. The van der Waals surface area contributed by atoms with Gasteiger partial charge in [-0.15, -0.1) is 0 Å². The number of aromatic hydroxyl groups is 1. The molecule has 1 aromatic carbocycles. The second-order valence-corrected chi connectivity index (χ2v) is 6.44. The van der Waals surface area contributed by atoms with Crippen molar-refractivity contribution in [2.24, 2.45) is 11.8 Å². The summed E-state index contributed by atoms with van der Waals surface area (Å²) >= 11 is 3.44. The van der Waals surface area contributed by atoms with Gasteiger partial charge < -0.3 is 10.4 Å². The first kappa shape index (κ1) is 13.9. The molecule has 0 spiro atoms. The van der Waals surface area contributed by atoms with Crippen LogP contribution in [0.2, 0.25) is 0 Å². The number of benzene rings is 1. The van der Waals surface area contributed by atoms with Gasteiger partial charge in [-0.2, -0.15) is 0 Å². The second-order valence-electron chi connectivity index (χ2n) is 5.53. The summed E-state index contributed by atoms with van der Waals surface area (Å²) in [5, 5.41) is 13.4. The first-order valence-electron chi connectivity index (χ1n) is 6.78. The van der Waals surface area contributed by atoms with Crippen LogP contribution in [-0.4, -0.2) is 11.1 Å². The summed E-state index contributed by atoms with van der Waals surface area (Å²) in [6, 6.07) is 6.17. The Balaban J connectivity index is 1.96. The van der Waals surface area contributed by atoms with Gasteiger partial charge in [0.25, 0.3) is 0 Å². The Bertz CT molecular complexity index is 407. The van der Waals surface area contributed by atoms with Gasteiger partial charge in [0, 0.05) is 22.6 Å². The molecule has 0 aliphatic heterocycles. The van der Waals surface area contributed by atoms with Gasteiger partial charge in [-0.05, 0) is 36.5 Å². The Labute approximate surface area is 118 Å². The first-order valence-corrected chi connectivity index (χ1v) is 7.58. The maximum Gasteiger partial charge on any atom is 0.120 e. The molecule has 3 atom stereocenters. The van der Waals surface area contributed by atoms with Gasteiger partial charge in [-0.1, -0.05) is 42.6 Å². The normalized spacial score (nSPS) is 28.3. The molecule has 0 amide bonds. The molecule has 2 nitrogen and oxygen atoms in total. The summed E-state index contributed by atoms with van der Waals surface area (Å²) in [6.07, 6.45) is 3.91. The second kappa shape index (κ2) is 6.07. The van der Waals surface area contributed by atoms with Crippen molar-refractivity contribution in [2.45, 2.75) is 45.7 Å². The Kier molecular flexibility index (Phi) is 4.68. The Morgan fingerprint density at radius 1 is 1.33 bits per heavy atom. The molecule has 100 valence electrons. The van der Waals surface area contributed by atoms with E-state index in [2.05, 4.69) is 35.1 Å². The number of rotatable bonds is 3. The minimum absolute atomic E-state index is 0.377. The summed E-state index contributed by atoms with van der Waals surface area (Å²) < 4.78 is 1.02. The highest BCUT2D eigenvalue weighted by Gasteiger charge is 2.26. The van der Waals surface area contributed by atoms with Crippen LogP contribution in [0.15, 0.2) is 22.7 Å². The highest BCUT2D eigenvalue weighted by Crippen LogP contribution is 2.30. The highest BCUT2D eigenvalue weighted by molar-refractivity contribution is 9.10. The minimum atomic E-state index is 0.377. The van der Waals surface area contributed by atoms with Gasteiger partial charge in [0.05, 0.1) is 0 Å². The molecule has 2 rings (SSSR count). The molecule has 3 unspecified atom stereocenters. The van der Waals surface area contributed by atoms with Crippen LogP contribution in [0.3, 0.4) is 0 Å². The quantitative estimate of drug-likeness (QED) is 0.882. The zero-order valence-electron chi connectivity index (χ0n) is 11.1. The minimum Gasteiger partial charge on any atom is -0.508 e. The molecule has 1 fully saturated rings. The molecule has 1 aromatic rings. The van der Waals surface area contributed by atoms with Crippen LogP contribution in [0.5, 0.6) is 5.75 Å². The van der Waals surface area contributed by atoms with Crippen LogP contribution in [-0.2, 0) is 6.54 Å². The SMILES string of the molecule is CC1CCCC(NCc2cc(Br)ccc2O)C1C. The molecule has 18 heavy (non-hydrogen) atoms. The molecular formula is C15H22BrNO. The van der Waals surface area contributed by atoms with E-state index >= 15 is 0 Å². The van der Waals surface area contributed by atoms with Crippen LogP contribution in [0.4, 0.5) is 0 Å². The van der Waals surface area contributed by atoms with Crippen molar-refractivity contribution in [1.29, 1.82) is 0 Å². The van der Waals surface area contributed by atoms with E-state index in [0.717, 1.165) is 22.5 Å². The molecule has 0 radical (unpaired) electrons. The van der Waals surface area contributed by atoms with Crippen molar-refractivity contribution in [3.05, 3.63) is 28.2 Å². The molecular weight excluding hydrogens is 290 g/mol. The Morgan fingerprint density at radius 3 is 2.89 bits per heavy atom. The Morgan fingerprint density at radius 2 is 2.11 bits per heavy atom. The fourth-order valence-corrected chi connectivity index (χ4v) is 3.22. The molecule has 0 saturated heterocycles. The van der Waals surface area contributed by atoms with Gasteiger partial charge in [-0.3, -0.25) is 0 Å². The standard InChI is InChI=1S/C15H22BrNO/c1-10-4-3-5-14(11(10)2)17-9-12-8-13(16)6-7-15(12)18/h6-8,10-11,14,17-18H,3-5,9H2,1-2H3. The predicted octanol–water partition coefficient (Wildman–Crippen LogP) is 4.07. The summed E-state index contributed by atoms with van der Waals surface area (Å²) in [5.74, 6) is 1.89. The van der Waals surface area contributed by atoms with Crippen molar-refractivity contribution < 1.29 is 5.11 Å². The molecule has 1 saturated carbocycles. The maximum absolute atomic E-state index is 9.82. The van der Waals surface area contributed by atoms with Crippen molar-refractivity contribution in [3.63, 3.8) is 0 Å². The predicted molar refractivity (Wildman–Crippen MR) is 78.6 cm³/mol. The summed E-state index contributed by atoms with van der Waals surface area (Å²) in [4.78, 5) is 0. The van der Waals surface area contributed by atoms with E-state index in [1.165, 1.54) is 19.3 Å². The fourth-order valence-electron chi connectivity index (χ4n) is 2.81. The number of phenols is 1. The van der Waals surface area contributed by atoms with Crippen molar-refractivity contribution in [3.8, 4) is 5.75 Å². The number of hydrogen-bond donors (Lipinski definition) is 2. The number of halogens is 1. The molecule has 0 heterocycles. The van der Waals surface area contributed by atoms with Crippen molar-refractivity contribution in [2.75, 3.05) is 0 Å². The van der Waals surface area contributed by atoms with Gasteiger partial charge in [0.1, 0.15) is 5.75 Å². The Hall–Kier alpha value is -0.540. The smallest absolute Gasteiger partial charge is 0.120 e. The van der Waals surface area contributed by atoms with E-state index in [-0.39, 0.29) is 0 Å². The van der Waals surface area contributed by atoms with Gasteiger partial charge in [0.15, 0.2) is 0 Å². The maximum atomic E-state index is 9.82. The zero-order chi connectivity index (χ0) is 13.1. The van der Waals surface area contributed by atoms with E-state index in [9.17, 15) is 5.11 Å². The molecule has 0 bridgehead atoms.